The van der Waals surface area contributed by atoms with E-state index in [1.54, 1.807) is 27.8 Å². The first kappa shape index (κ1) is 17.8. The average molecular weight is 409 g/mol. The number of nitrogens with zero attached hydrogens (tertiary/aromatic N) is 2. The van der Waals surface area contributed by atoms with E-state index in [-0.39, 0.29) is 0 Å². The van der Waals surface area contributed by atoms with Gasteiger partial charge in [0.2, 0.25) is 10.0 Å². The summed E-state index contributed by atoms with van der Waals surface area (Å²) < 4.78 is 29.1. The minimum Gasteiger partial charge on any atom is -0.241 e. The zero-order valence-corrected chi connectivity index (χ0v) is 16.9. The van der Waals surface area contributed by atoms with Gasteiger partial charge in [-0.3, -0.25) is 0 Å². The van der Waals surface area contributed by atoms with Crippen molar-refractivity contribution < 1.29 is 8.42 Å². The number of thiazole rings is 1. The van der Waals surface area contributed by atoms with Crippen LogP contribution in [0.4, 0.5) is 0 Å². The minimum atomic E-state index is -3.47. The Morgan fingerprint density at radius 1 is 0.893 bits per heavy atom. The lowest BCUT2D eigenvalue weighted by Gasteiger charge is -2.30. The van der Waals surface area contributed by atoms with E-state index in [2.05, 4.69) is 6.07 Å². The maximum absolute atomic E-state index is 13.1. The van der Waals surface area contributed by atoms with E-state index < -0.39 is 10.0 Å². The molecule has 0 unspecified atom stereocenters. The van der Waals surface area contributed by atoms with Gasteiger partial charge in [-0.05, 0) is 47.9 Å². The van der Waals surface area contributed by atoms with E-state index in [1.165, 1.54) is 4.70 Å². The van der Waals surface area contributed by atoms with Gasteiger partial charge in [0, 0.05) is 19.0 Å². The maximum Gasteiger partial charge on any atom is 0.243 e. The second kappa shape index (κ2) is 6.95. The van der Waals surface area contributed by atoms with Gasteiger partial charge in [0.1, 0.15) is 0 Å². The molecule has 1 fully saturated rings. The molecule has 4 nitrogen and oxygen atoms in total. The molecule has 5 rings (SSSR count). The summed E-state index contributed by atoms with van der Waals surface area (Å²) in [6, 6.07) is 21.4. The summed E-state index contributed by atoms with van der Waals surface area (Å²) in [4.78, 5) is 5.15. The third kappa shape index (κ3) is 3.11. The highest BCUT2D eigenvalue weighted by Gasteiger charge is 2.31. The second-order valence-electron chi connectivity index (χ2n) is 7.21. The summed E-state index contributed by atoms with van der Waals surface area (Å²) in [6.45, 7) is 1.07. The van der Waals surface area contributed by atoms with Crippen LogP contribution in [0.3, 0.4) is 0 Å². The fourth-order valence-electron chi connectivity index (χ4n) is 3.88. The van der Waals surface area contributed by atoms with E-state index in [9.17, 15) is 8.42 Å². The van der Waals surface area contributed by atoms with Crippen LogP contribution in [0.15, 0.2) is 71.6 Å². The quantitative estimate of drug-likeness (QED) is 0.478. The number of hydrogen-bond donors (Lipinski definition) is 0. The second-order valence-corrected chi connectivity index (χ2v) is 10.2. The van der Waals surface area contributed by atoms with Crippen molar-refractivity contribution in [3.63, 3.8) is 0 Å². The Hall–Kier alpha value is -2.28. The summed E-state index contributed by atoms with van der Waals surface area (Å²) in [5, 5.41) is 3.13. The predicted molar refractivity (Wildman–Crippen MR) is 114 cm³/mol. The largest absolute Gasteiger partial charge is 0.243 e. The number of sulfonamides is 1. The summed E-state index contributed by atoms with van der Waals surface area (Å²) in [5.41, 5.74) is 1.04. The zero-order chi connectivity index (χ0) is 19.1. The first-order valence-corrected chi connectivity index (χ1v) is 11.7. The highest BCUT2D eigenvalue weighted by Crippen LogP contribution is 2.35. The van der Waals surface area contributed by atoms with Crippen LogP contribution in [0.2, 0.25) is 0 Å². The topological polar surface area (TPSA) is 50.3 Å². The molecule has 28 heavy (non-hydrogen) atoms. The molecule has 3 aromatic carbocycles. The molecule has 2 heterocycles. The van der Waals surface area contributed by atoms with Gasteiger partial charge >= 0.3 is 0 Å². The molecule has 142 valence electrons. The van der Waals surface area contributed by atoms with Crippen molar-refractivity contribution in [2.45, 2.75) is 23.7 Å². The van der Waals surface area contributed by atoms with E-state index in [4.69, 9.17) is 4.98 Å². The van der Waals surface area contributed by atoms with Gasteiger partial charge in [0.15, 0.2) is 0 Å². The molecule has 6 heteroatoms. The van der Waals surface area contributed by atoms with Crippen LogP contribution >= 0.6 is 11.3 Å². The molecular formula is C22H20N2O2S2. The number of piperidine rings is 1. The van der Waals surface area contributed by atoms with E-state index >= 15 is 0 Å². The Labute approximate surface area is 168 Å². The SMILES string of the molecule is O=S(=O)(c1ccc2ccccc2c1)N1CCC(c2nc3ccccc3s2)CC1. The van der Waals surface area contributed by atoms with Crippen LogP contribution in [0.1, 0.15) is 23.8 Å². The third-order valence-electron chi connectivity index (χ3n) is 5.47. The van der Waals surface area contributed by atoms with Crippen LogP contribution in [0.25, 0.3) is 21.0 Å². The Morgan fingerprint density at radius 2 is 1.61 bits per heavy atom. The van der Waals surface area contributed by atoms with E-state index in [1.807, 2.05) is 48.5 Å². The first-order valence-electron chi connectivity index (χ1n) is 9.46. The minimum absolute atomic E-state index is 0.334. The van der Waals surface area contributed by atoms with Crippen molar-refractivity contribution in [1.29, 1.82) is 0 Å². The molecule has 1 aromatic heterocycles. The van der Waals surface area contributed by atoms with Gasteiger partial charge in [-0.15, -0.1) is 11.3 Å². The smallest absolute Gasteiger partial charge is 0.241 e. The van der Waals surface area contributed by atoms with Crippen molar-refractivity contribution >= 4 is 42.3 Å². The lowest BCUT2D eigenvalue weighted by Crippen LogP contribution is -2.37. The lowest BCUT2D eigenvalue weighted by atomic mass is 9.99. The number of benzene rings is 3. The van der Waals surface area contributed by atoms with Crippen LogP contribution in [0, 0.1) is 0 Å². The zero-order valence-electron chi connectivity index (χ0n) is 15.3. The van der Waals surface area contributed by atoms with E-state index in [0.717, 1.165) is 34.1 Å². The molecular weight excluding hydrogens is 388 g/mol. The molecule has 0 bridgehead atoms. The predicted octanol–water partition coefficient (Wildman–Crippen LogP) is 5.02. The molecule has 4 aromatic rings. The van der Waals surface area contributed by atoms with Crippen LogP contribution < -0.4 is 0 Å². The van der Waals surface area contributed by atoms with Gasteiger partial charge in [0.25, 0.3) is 0 Å². The standard InChI is InChI=1S/C22H20N2O2S2/c25-28(26,19-10-9-16-5-1-2-6-18(16)15-19)24-13-11-17(12-14-24)22-23-20-7-3-4-8-21(20)27-22/h1-10,15,17H,11-14H2. The molecule has 0 N–H and O–H groups in total. The van der Waals surface area contributed by atoms with Gasteiger partial charge < -0.3 is 0 Å². The fraction of sp³-hybridized carbons (Fsp3) is 0.227. The van der Waals surface area contributed by atoms with Crippen molar-refractivity contribution in [3.05, 3.63) is 71.7 Å². The molecule has 1 saturated heterocycles. The summed E-state index contributed by atoms with van der Waals surface area (Å²) in [5.74, 6) is 0.334. The lowest BCUT2D eigenvalue weighted by molar-refractivity contribution is 0.319. The Bertz CT molecular complexity index is 1220. The Balaban J connectivity index is 1.36. The van der Waals surface area contributed by atoms with E-state index in [0.29, 0.717) is 23.9 Å². The van der Waals surface area contributed by atoms with Gasteiger partial charge in [-0.2, -0.15) is 4.31 Å². The highest BCUT2D eigenvalue weighted by molar-refractivity contribution is 7.89. The average Bonchev–Trinajstić information content (AvgIpc) is 3.18. The van der Waals surface area contributed by atoms with Crippen molar-refractivity contribution in [1.82, 2.24) is 9.29 Å². The molecule has 0 radical (unpaired) electrons. The highest BCUT2D eigenvalue weighted by atomic mass is 32.2. The van der Waals surface area contributed by atoms with Gasteiger partial charge in [-0.25, -0.2) is 13.4 Å². The third-order valence-corrected chi connectivity index (χ3v) is 8.57. The first-order chi connectivity index (χ1) is 13.6. The van der Waals surface area contributed by atoms with Crippen molar-refractivity contribution in [2.75, 3.05) is 13.1 Å². The van der Waals surface area contributed by atoms with Crippen LogP contribution in [-0.2, 0) is 10.0 Å². The van der Waals surface area contributed by atoms with Gasteiger partial charge in [0.05, 0.1) is 20.1 Å². The van der Waals surface area contributed by atoms with Crippen LogP contribution in [-0.4, -0.2) is 30.8 Å². The number of rotatable bonds is 3. The molecule has 0 saturated carbocycles. The molecule has 0 spiro atoms. The molecule has 0 aliphatic carbocycles. The maximum atomic E-state index is 13.1. The molecule has 0 atom stereocenters. The summed E-state index contributed by atoms with van der Waals surface area (Å²) in [6.07, 6.45) is 1.62. The monoisotopic (exact) mass is 408 g/mol. The summed E-state index contributed by atoms with van der Waals surface area (Å²) >= 11 is 1.73. The Morgan fingerprint density at radius 3 is 2.39 bits per heavy atom. The Kier molecular flexibility index (Phi) is 4.42. The van der Waals surface area contributed by atoms with Crippen molar-refractivity contribution in [3.8, 4) is 0 Å². The normalized spacial score (nSPS) is 16.7. The molecule has 1 aliphatic rings. The number of fused-ring (bicyclic) bond motifs is 2. The van der Waals surface area contributed by atoms with Gasteiger partial charge in [-0.1, -0.05) is 42.5 Å². The van der Waals surface area contributed by atoms with Crippen molar-refractivity contribution in [2.24, 2.45) is 0 Å². The number of aromatic nitrogens is 1. The molecule has 0 amide bonds. The summed E-state index contributed by atoms with van der Waals surface area (Å²) in [7, 11) is -3.47. The fourth-order valence-corrected chi connectivity index (χ4v) is 6.53. The molecule has 1 aliphatic heterocycles. The van der Waals surface area contributed by atoms with Crippen LogP contribution in [0.5, 0.6) is 0 Å². The number of hydrogen-bond acceptors (Lipinski definition) is 4. The number of para-hydroxylation sites is 1.